The van der Waals surface area contributed by atoms with Crippen LogP contribution in [0.5, 0.6) is 0 Å². The molecule has 0 radical (unpaired) electrons. The SMILES string of the molecule is Cc1nn(C)c(C)c1/C=C/C(=O)O[C@H](C)C(=O)NC(=O)NC12CC3CC(CC(C3)C1)C2. The van der Waals surface area contributed by atoms with Gasteiger partial charge in [-0.15, -0.1) is 0 Å². The van der Waals surface area contributed by atoms with Crippen molar-refractivity contribution < 1.29 is 19.1 Å². The zero-order valence-electron chi connectivity index (χ0n) is 18.7. The van der Waals surface area contributed by atoms with E-state index in [1.54, 1.807) is 10.8 Å². The van der Waals surface area contributed by atoms with Gasteiger partial charge in [0, 0.05) is 29.9 Å². The molecule has 0 saturated heterocycles. The number of nitrogens with one attached hydrogen (secondary N) is 2. The summed E-state index contributed by atoms with van der Waals surface area (Å²) in [5.74, 6) is 0.813. The summed E-state index contributed by atoms with van der Waals surface area (Å²) in [6.07, 6.45) is 8.67. The molecule has 2 N–H and O–H groups in total. The fourth-order valence-electron chi connectivity index (χ4n) is 6.20. The van der Waals surface area contributed by atoms with Crippen LogP contribution in [0.25, 0.3) is 6.08 Å². The predicted molar refractivity (Wildman–Crippen MR) is 115 cm³/mol. The Morgan fingerprint density at radius 2 is 1.71 bits per heavy atom. The maximum Gasteiger partial charge on any atom is 0.331 e. The lowest BCUT2D eigenvalue weighted by molar-refractivity contribution is -0.149. The first kappa shape index (κ1) is 21.6. The Bertz CT molecular complexity index is 897. The Hall–Kier alpha value is -2.64. The smallest absolute Gasteiger partial charge is 0.331 e. The number of rotatable bonds is 5. The first-order valence-electron chi connectivity index (χ1n) is 11.2. The highest BCUT2D eigenvalue weighted by atomic mass is 16.5. The zero-order chi connectivity index (χ0) is 22.3. The van der Waals surface area contributed by atoms with Crippen molar-refractivity contribution in [3.8, 4) is 0 Å². The number of carbonyl (C=O) groups excluding carboxylic acids is 3. The lowest BCUT2D eigenvalue weighted by Gasteiger charge is -2.56. The molecule has 31 heavy (non-hydrogen) atoms. The molecule has 0 aliphatic heterocycles. The van der Waals surface area contributed by atoms with Crippen LogP contribution in [-0.4, -0.2) is 39.3 Å². The molecule has 3 amide bonds. The van der Waals surface area contributed by atoms with Gasteiger partial charge < -0.3 is 10.1 Å². The highest BCUT2D eigenvalue weighted by Gasteiger charge is 2.51. The molecule has 5 rings (SSSR count). The molecule has 1 atom stereocenters. The summed E-state index contributed by atoms with van der Waals surface area (Å²) in [5, 5.41) is 9.73. The van der Waals surface area contributed by atoms with Crippen LogP contribution >= 0.6 is 0 Å². The third-order valence-electron chi connectivity index (χ3n) is 7.27. The third-order valence-corrected chi connectivity index (χ3v) is 7.27. The average molecular weight is 429 g/mol. The number of esters is 1. The number of carbonyl (C=O) groups is 3. The quantitative estimate of drug-likeness (QED) is 0.555. The van der Waals surface area contributed by atoms with Gasteiger partial charge in [0.05, 0.1) is 5.69 Å². The van der Waals surface area contributed by atoms with Crippen LogP contribution in [0.2, 0.25) is 0 Å². The van der Waals surface area contributed by atoms with E-state index in [0.29, 0.717) is 17.8 Å². The maximum atomic E-state index is 12.5. The molecule has 168 valence electrons. The third kappa shape index (κ3) is 4.52. The summed E-state index contributed by atoms with van der Waals surface area (Å²) in [7, 11) is 1.83. The molecule has 4 aliphatic rings. The zero-order valence-corrected chi connectivity index (χ0v) is 18.7. The number of imide groups is 1. The molecule has 0 aromatic carbocycles. The van der Waals surface area contributed by atoms with E-state index in [9.17, 15) is 14.4 Å². The topological polar surface area (TPSA) is 102 Å². The van der Waals surface area contributed by atoms with E-state index >= 15 is 0 Å². The fraction of sp³-hybridized carbons (Fsp3) is 0.652. The minimum absolute atomic E-state index is 0.179. The van der Waals surface area contributed by atoms with E-state index < -0.39 is 24.0 Å². The molecule has 1 heterocycles. The summed E-state index contributed by atoms with van der Waals surface area (Å²) >= 11 is 0. The number of nitrogens with zero attached hydrogens (tertiary/aromatic N) is 2. The van der Waals surface area contributed by atoms with Crippen molar-refractivity contribution in [2.75, 3.05) is 0 Å². The molecule has 4 fully saturated rings. The monoisotopic (exact) mass is 428 g/mol. The molecule has 1 aromatic rings. The van der Waals surface area contributed by atoms with E-state index in [1.807, 2.05) is 20.9 Å². The van der Waals surface area contributed by atoms with Crippen LogP contribution in [0.4, 0.5) is 4.79 Å². The highest BCUT2D eigenvalue weighted by Crippen LogP contribution is 2.55. The van der Waals surface area contributed by atoms with Gasteiger partial charge in [0.25, 0.3) is 5.91 Å². The van der Waals surface area contributed by atoms with Gasteiger partial charge in [-0.2, -0.15) is 5.10 Å². The van der Waals surface area contributed by atoms with Crippen LogP contribution in [0.1, 0.15) is 62.4 Å². The molecular weight excluding hydrogens is 396 g/mol. The standard InChI is InChI=1S/C23H32N4O4/c1-13-19(14(2)27(4)26-13)5-6-20(28)31-15(3)21(29)24-22(30)25-23-10-16-7-17(11-23)9-18(8-16)12-23/h5-6,15-18H,7-12H2,1-4H3,(H2,24,25,29,30)/b6-5+/t15-,16?,17?,18?,23?/m1/s1. The molecule has 8 nitrogen and oxygen atoms in total. The number of hydrogen-bond donors (Lipinski definition) is 2. The van der Waals surface area contributed by atoms with Gasteiger partial charge in [-0.25, -0.2) is 9.59 Å². The van der Waals surface area contributed by atoms with Crippen molar-refractivity contribution in [1.82, 2.24) is 20.4 Å². The van der Waals surface area contributed by atoms with Gasteiger partial charge in [-0.1, -0.05) is 0 Å². The van der Waals surface area contributed by atoms with Crippen molar-refractivity contribution in [2.24, 2.45) is 24.8 Å². The van der Waals surface area contributed by atoms with E-state index in [1.165, 1.54) is 32.3 Å². The summed E-state index contributed by atoms with van der Waals surface area (Å²) in [6.45, 7) is 5.22. The Labute approximate surface area is 182 Å². The summed E-state index contributed by atoms with van der Waals surface area (Å²) in [4.78, 5) is 37.0. The van der Waals surface area contributed by atoms with Crippen molar-refractivity contribution in [1.29, 1.82) is 0 Å². The Morgan fingerprint density at radius 3 is 2.23 bits per heavy atom. The molecule has 4 aliphatic carbocycles. The Morgan fingerprint density at radius 1 is 1.13 bits per heavy atom. The van der Waals surface area contributed by atoms with Crippen molar-refractivity contribution in [3.63, 3.8) is 0 Å². The largest absolute Gasteiger partial charge is 0.449 e. The highest BCUT2D eigenvalue weighted by molar-refractivity contribution is 5.98. The number of urea groups is 1. The first-order valence-corrected chi connectivity index (χ1v) is 11.2. The first-order chi connectivity index (χ1) is 14.6. The van der Waals surface area contributed by atoms with Crippen LogP contribution < -0.4 is 10.6 Å². The Balaban J connectivity index is 1.28. The van der Waals surface area contributed by atoms with Crippen molar-refractivity contribution in [3.05, 3.63) is 23.0 Å². The lowest BCUT2D eigenvalue weighted by Crippen LogP contribution is -2.62. The summed E-state index contributed by atoms with van der Waals surface area (Å²) in [6, 6.07) is -0.494. The van der Waals surface area contributed by atoms with Gasteiger partial charge >= 0.3 is 12.0 Å². The summed E-state index contributed by atoms with van der Waals surface area (Å²) in [5.41, 5.74) is 2.39. The minimum Gasteiger partial charge on any atom is -0.449 e. The van der Waals surface area contributed by atoms with Crippen LogP contribution in [0.15, 0.2) is 6.08 Å². The lowest BCUT2D eigenvalue weighted by atomic mass is 9.53. The van der Waals surface area contributed by atoms with Crippen LogP contribution in [0.3, 0.4) is 0 Å². The van der Waals surface area contributed by atoms with E-state index in [2.05, 4.69) is 15.7 Å². The van der Waals surface area contributed by atoms with Crippen LogP contribution in [-0.2, 0) is 21.4 Å². The van der Waals surface area contributed by atoms with Gasteiger partial charge in [-0.3, -0.25) is 14.8 Å². The molecule has 0 unspecified atom stereocenters. The van der Waals surface area contributed by atoms with Crippen LogP contribution in [0, 0.1) is 31.6 Å². The second-order valence-electron chi connectivity index (χ2n) is 9.76. The fourth-order valence-corrected chi connectivity index (χ4v) is 6.20. The predicted octanol–water partition coefficient (Wildman–Crippen LogP) is 2.78. The Kier molecular flexibility index (Phi) is 5.66. The summed E-state index contributed by atoms with van der Waals surface area (Å²) < 4.78 is 6.91. The second kappa shape index (κ2) is 8.13. The molecule has 0 spiro atoms. The van der Waals surface area contributed by atoms with Gasteiger partial charge in [0.2, 0.25) is 0 Å². The van der Waals surface area contributed by atoms with E-state index in [4.69, 9.17) is 4.74 Å². The number of aryl methyl sites for hydroxylation is 2. The molecule has 8 heteroatoms. The van der Waals surface area contributed by atoms with Gasteiger partial charge in [0.15, 0.2) is 6.10 Å². The van der Waals surface area contributed by atoms with Crippen molar-refractivity contribution in [2.45, 2.75) is 70.9 Å². The number of hydrogen-bond acceptors (Lipinski definition) is 5. The molecule has 1 aromatic heterocycles. The maximum absolute atomic E-state index is 12.5. The average Bonchev–Trinajstić information content (AvgIpc) is 2.89. The van der Waals surface area contributed by atoms with Gasteiger partial charge in [-0.05, 0) is 83.1 Å². The number of ether oxygens (including phenoxy) is 1. The normalized spacial score (nSPS) is 29.7. The minimum atomic E-state index is -1.07. The number of aromatic nitrogens is 2. The van der Waals surface area contributed by atoms with E-state index in [-0.39, 0.29) is 5.54 Å². The van der Waals surface area contributed by atoms with Gasteiger partial charge in [0.1, 0.15) is 0 Å². The van der Waals surface area contributed by atoms with E-state index in [0.717, 1.165) is 36.2 Å². The number of amides is 3. The van der Waals surface area contributed by atoms with Crippen molar-refractivity contribution >= 4 is 24.0 Å². The molecular formula is C23H32N4O4. The molecule has 4 bridgehead atoms. The molecule has 4 saturated carbocycles. The second-order valence-corrected chi connectivity index (χ2v) is 9.76.